The Hall–Kier alpha value is -2.80. The van der Waals surface area contributed by atoms with E-state index in [1.807, 2.05) is 36.9 Å². The number of hydrogen-bond acceptors (Lipinski definition) is 8. The molecule has 12 heteroatoms. The zero-order valence-corrected chi connectivity index (χ0v) is 23.7. The van der Waals surface area contributed by atoms with Gasteiger partial charge in [0.25, 0.3) is 5.91 Å². The predicted octanol–water partition coefficient (Wildman–Crippen LogP) is 4.15. The third-order valence-electron chi connectivity index (χ3n) is 7.92. The Morgan fingerprint density at radius 2 is 1.87 bits per heavy atom. The van der Waals surface area contributed by atoms with Gasteiger partial charge in [0.15, 0.2) is 18.1 Å². The summed E-state index contributed by atoms with van der Waals surface area (Å²) in [6, 6.07) is 11.5. The Morgan fingerprint density at radius 3 is 2.62 bits per heavy atom. The summed E-state index contributed by atoms with van der Waals surface area (Å²) in [5, 5.41) is 9.33. The maximum atomic E-state index is 12.5. The summed E-state index contributed by atoms with van der Waals surface area (Å²) in [6.45, 7) is 2.07. The largest absolute Gasteiger partial charge is 0.490 e. The summed E-state index contributed by atoms with van der Waals surface area (Å²) in [4.78, 5) is 29.0. The first-order chi connectivity index (χ1) is 18.7. The molecule has 0 radical (unpaired) electrons. The molecule has 2 heterocycles. The van der Waals surface area contributed by atoms with Crippen LogP contribution in [0.25, 0.3) is 0 Å². The van der Waals surface area contributed by atoms with Crippen LogP contribution < -0.4 is 24.8 Å². The van der Waals surface area contributed by atoms with Crippen LogP contribution in [0.2, 0.25) is 0 Å². The van der Waals surface area contributed by atoms with E-state index in [1.165, 1.54) is 54.9 Å². The molecule has 2 bridgehead atoms. The summed E-state index contributed by atoms with van der Waals surface area (Å²) in [6.07, 6.45) is 3.78. The number of thiazole rings is 1. The molecular formula is C27H29N3O6S3. The van der Waals surface area contributed by atoms with E-state index in [0.29, 0.717) is 46.8 Å². The number of thioether (sulfide) groups is 1. The van der Waals surface area contributed by atoms with Crippen LogP contribution in [0.5, 0.6) is 11.5 Å². The predicted molar refractivity (Wildman–Crippen MR) is 150 cm³/mol. The topological polar surface area (TPSA) is 141 Å². The Kier molecular flexibility index (Phi) is 6.98. The molecule has 2 fully saturated rings. The second-order valence-electron chi connectivity index (χ2n) is 10.2. The number of nitrogens with two attached hydrogens (primary N) is 1. The normalized spacial score (nSPS) is 25.1. The van der Waals surface area contributed by atoms with Crippen LogP contribution in [0.15, 0.2) is 57.2 Å². The van der Waals surface area contributed by atoms with Crippen molar-refractivity contribution in [1.82, 2.24) is 4.98 Å². The van der Waals surface area contributed by atoms with Crippen molar-refractivity contribution in [3.8, 4) is 11.5 Å². The van der Waals surface area contributed by atoms with Crippen LogP contribution in [0.1, 0.15) is 42.5 Å². The molecule has 9 nitrogen and oxygen atoms in total. The van der Waals surface area contributed by atoms with Gasteiger partial charge in [0, 0.05) is 21.7 Å². The van der Waals surface area contributed by atoms with Gasteiger partial charge in [-0.15, -0.1) is 11.8 Å². The number of ether oxygens (including phenoxy) is 2. The Morgan fingerprint density at radius 1 is 1.10 bits per heavy atom. The van der Waals surface area contributed by atoms with Crippen molar-refractivity contribution < 1.29 is 22.7 Å². The highest BCUT2D eigenvalue weighted by Crippen LogP contribution is 2.63. The molecule has 1 aliphatic heterocycles. The summed E-state index contributed by atoms with van der Waals surface area (Å²) < 4.78 is 34.6. The number of H-pyrrole nitrogens is 1. The molecular weight excluding hydrogens is 559 g/mol. The van der Waals surface area contributed by atoms with E-state index in [2.05, 4.69) is 10.3 Å². The average Bonchev–Trinajstić information content (AvgIpc) is 3.61. The van der Waals surface area contributed by atoms with E-state index in [9.17, 15) is 18.0 Å². The van der Waals surface area contributed by atoms with Gasteiger partial charge in [-0.3, -0.25) is 9.59 Å². The number of amides is 1. The number of fused-ring (bicyclic) bond motifs is 6. The van der Waals surface area contributed by atoms with Crippen molar-refractivity contribution in [2.45, 2.75) is 47.3 Å². The van der Waals surface area contributed by atoms with Gasteiger partial charge in [-0.2, -0.15) is 0 Å². The maximum Gasteiger partial charge on any atom is 0.305 e. The lowest BCUT2D eigenvalue weighted by Crippen LogP contribution is -2.33. The summed E-state index contributed by atoms with van der Waals surface area (Å²) in [5.41, 5.74) is 1.53. The van der Waals surface area contributed by atoms with Crippen LogP contribution in [-0.2, 0) is 14.8 Å². The number of rotatable bonds is 8. The van der Waals surface area contributed by atoms with E-state index < -0.39 is 15.9 Å². The SMILES string of the molecule is CCOc1cc([C@H]2c3sc(=O)[nH]c3SC3C4CCC(C4)C32)ccc1OCC(=O)Nc1ccc(S(N)(=O)=O)cc1. The van der Waals surface area contributed by atoms with Crippen LogP contribution in [0.3, 0.4) is 0 Å². The Bertz CT molecular complexity index is 1570. The van der Waals surface area contributed by atoms with Crippen molar-refractivity contribution in [1.29, 1.82) is 0 Å². The van der Waals surface area contributed by atoms with E-state index in [-0.39, 0.29) is 22.3 Å². The molecule has 2 saturated carbocycles. The van der Waals surface area contributed by atoms with Crippen LogP contribution >= 0.6 is 23.1 Å². The summed E-state index contributed by atoms with van der Waals surface area (Å²) >= 11 is 3.17. The van der Waals surface area contributed by atoms with Gasteiger partial charge in [0.1, 0.15) is 0 Å². The molecule has 0 saturated heterocycles. The fourth-order valence-corrected chi connectivity index (χ4v) is 9.81. The quantitative estimate of drug-likeness (QED) is 0.360. The van der Waals surface area contributed by atoms with E-state index in [0.717, 1.165) is 15.5 Å². The zero-order chi connectivity index (χ0) is 27.3. The monoisotopic (exact) mass is 587 g/mol. The Labute approximate surface area is 234 Å². The lowest BCUT2D eigenvalue weighted by atomic mass is 9.75. The van der Waals surface area contributed by atoms with E-state index in [4.69, 9.17) is 14.6 Å². The van der Waals surface area contributed by atoms with E-state index >= 15 is 0 Å². The zero-order valence-electron chi connectivity index (χ0n) is 21.2. The van der Waals surface area contributed by atoms with Gasteiger partial charge in [0.2, 0.25) is 10.0 Å². The Balaban J connectivity index is 1.21. The highest BCUT2D eigenvalue weighted by molar-refractivity contribution is 8.00. The highest BCUT2D eigenvalue weighted by atomic mass is 32.2. The minimum atomic E-state index is -3.81. The van der Waals surface area contributed by atoms with Gasteiger partial charge in [-0.25, -0.2) is 13.6 Å². The first-order valence-electron chi connectivity index (χ1n) is 12.9. The first kappa shape index (κ1) is 26.4. The van der Waals surface area contributed by atoms with Crippen LogP contribution in [0.4, 0.5) is 5.69 Å². The molecule has 4 unspecified atom stereocenters. The van der Waals surface area contributed by atoms with Gasteiger partial charge in [-0.05, 0) is 85.9 Å². The molecule has 5 atom stereocenters. The molecule has 2 aromatic carbocycles. The standard InChI is InChI=1S/C27H29N3O6S3/c1-2-35-20-12-15(23-22-14-3-4-16(11-14)24(22)37-26-25(23)38-27(32)30-26)5-10-19(20)36-13-21(31)29-17-6-8-18(9-7-17)39(28,33)34/h5-10,12,14,16,22-24H,2-4,11,13H2,1H3,(H,29,31)(H,30,32)(H2,28,33,34)/t14?,16?,22?,23-,24?/m1/s1. The smallest absolute Gasteiger partial charge is 0.305 e. The molecule has 4 N–H and O–H groups in total. The first-order valence-corrected chi connectivity index (χ1v) is 16.2. The molecule has 206 valence electrons. The number of benzene rings is 2. The third kappa shape index (κ3) is 5.10. The minimum absolute atomic E-state index is 0.0138. The number of hydrogen-bond donors (Lipinski definition) is 3. The number of aromatic nitrogens is 1. The van der Waals surface area contributed by atoms with Crippen molar-refractivity contribution in [2.24, 2.45) is 22.9 Å². The number of nitrogens with one attached hydrogen (secondary N) is 2. The van der Waals surface area contributed by atoms with Crippen molar-refractivity contribution in [3.63, 3.8) is 0 Å². The van der Waals surface area contributed by atoms with Gasteiger partial charge >= 0.3 is 4.87 Å². The van der Waals surface area contributed by atoms with Crippen LogP contribution in [0, 0.1) is 17.8 Å². The maximum absolute atomic E-state index is 12.5. The fourth-order valence-electron chi connectivity index (χ4n) is 6.40. The van der Waals surface area contributed by atoms with E-state index in [1.54, 1.807) is 0 Å². The highest BCUT2D eigenvalue weighted by Gasteiger charge is 2.54. The van der Waals surface area contributed by atoms with Gasteiger partial charge < -0.3 is 19.8 Å². The molecule has 6 rings (SSSR count). The molecule has 39 heavy (non-hydrogen) atoms. The fraction of sp³-hybridized carbons (Fsp3) is 0.407. The molecule has 1 amide bonds. The van der Waals surface area contributed by atoms with Crippen molar-refractivity contribution in [3.05, 3.63) is 62.6 Å². The lowest BCUT2D eigenvalue weighted by molar-refractivity contribution is -0.118. The second-order valence-corrected chi connectivity index (χ2v) is 14.0. The number of aromatic amines is 1. The lowest BCUT2D eigenvalue weighted by Gasteiger charge is -2.40. The number of anilines is 1. The van der Waals surface area contributed by atoms with Crippen molar-refractivity contribution >= 4 is 44.7 Å². The summed E-state index contributed by atoms with van der Waals surface area (Å²) in [5.74, 6) is 2.59. The van der Waals surface area contributed by atoms with Crippen LogP contribution in [-0.4, -0.2) is 37.8 Å². The molecule has 2 aliphatic carbocycles. The van der Waals surface area contributed by atoms with Crippen molar-refractivity contribution in [2.75, 3.05) is 18.5 Å². The second kappa shape index (κ2) is 10.3. The van der Waals surface area contributed by atoms with Gasteiger partial charge in [-0.1, -0.05) is 17.4 Å². The minimum Gasteiger partial charge on any atom is -0.490 e. The third-order valence-corrected chi connectivity index (χ3v) is 11.5. The molecule has 3 aliphatic rings. The molecule has 1 aromatic heterocycles. The number of primary sulfonamides is 1. The number of sulfonamides is 1. The average molecular weight is 588 g/mol. The summed E-state index contributed by atoms with van der Waals surface area (Å²) in [7, 11) is -3.81. The molecule has 0 spiro atoms. The number of carbonyl (C=O) groups excluding carboxylic acids is 1. The molecule has 3 aromatic rings. The number of carbonyl (C=O) groups is 1. The van der Waals surface area contributed by atoms with Gasteiger partial charge in [0.05, 0.1) is 16.5 Å².